The van der Waals surface area contributed by atoms with Gasteiger partial charge in [0.25, 0.3) is 0 Å². The quantitative estimate of drug-likeness (QED) is 0.432. The Morgan fingerprint density at radius 2 is 1.89 bits per heavy atom. The second-order valence-electron chi connectivity index (χ2n) is 6.37. The lowest BCUT2D eigenvalue weighted by atomic mass is 10.1. The second-order valence-corrected chi connectivity index (χ2v) is 7.29. The zero-order chi connectivity index (χ0) is 19.0. The van der Waals surface area contributed by atoms with Crippen molar-refractivity contribution in [2.24, 2.45) is 0 Å². The van der Waals surface area contributed by atoms with Crippen molar-refractivity contribution in [1.82, 2.24) is 14.8 Å². The number of halogens is 2. The molecule has 0 unspecified atom stereocenters. The van der Waals surface area contributed by atoms with Crippen molar-refractivity contribution in [3.05, 3.63) is 81.7 Å². The molecule has 4 aromatic rings. The van der Waals surface area contributed by atoms with Crippen LogP contribution in [0, 0.1) is 19.7 Å². The minimum Gasteiger partial charge on any atom is -0.473 e. The number of rotatable bonds is 4. The maximum absolute atomic E-state index is 13.7. The molecule has 0 aliphatic carbocycles. The van der Waals surface area contributed by atoms with Crippen LogP contribution in [-0.2, 0) is 6.61 Å². The molecule has 6 heteroatoms. The number of ether oxygens (including phenoxy) is 1. The zero-order valence-corrected chi connectivity index (χ0v) is 16.5. The predicted octanol–water partition coefficient (Wildman–Crippen LogP) is 5.52. The molecule has 136 valence electrons. The molecule has 2 heterocycles. The number of benzene rings is 2. The molecule has 2 aromatic carbocycles. The largest absolute Gasteiger partial charge is 0.473 e. The van der Waals surface area contributed by atoms with Gasteiger partial charge < -0.3 is 4.74 Å². The first kappa shape index (κ1) is 17.7. The van der Waals surface area contributed by atoms with Gasteiger partial charge in [0.15, 0.2) is 5.65 Å². The fraction of sp³-hybridized carbons (Fsp3) is 0.143. The van der Waals surface area contributed by atoms with Gasteiger partial charge in [-0.3, -0.25) is 0 Å². The van der Waals surface area contributed by atoms with Gasteiger partial charge in [0, 0.05) is 15.9 Å². The van der Waals surface area contributed by atoms with E-state index in [1.54, 1.807) is 16.8 Å². The Labute approximate surface area is 164 Å². The molecule has 27 heavy (non-hydrogen) atoms. The lowest BCUT2D eigenvalue weighted by molar-refractivity contribution is 0.294. The highest BCUT2D eigenvalue weighted by atomic mass is 79.9. The van der Waals surface area contributed by atoms with Crippen LogP contribution in [0.15, 0.2) is 59.1 Å². The average Bonchev–Trinajstić information content (AvgIpc) is 2.97. The van der Waals surface area contributed by atoms with Gasteiger partial charge in [0.2, 0.25) is 5.88 Å². The smallest absolute Gasteiger partial charge is 0.215 e. The van der Waals surface area contributed by atoms with Gasteiger partial charge in [-0.15, -0.1) is 0 Å². The molecule has 0 saturated carbocycles. The van der Waals surface area contributed by atoms with E-state index in [0.717, 1.165) is 26.7 Å². The summed E-state index contributed by atoms with van der Waals surface area (Å²) in [6.07, 6.45) is 0. The summed E-state index contributed by atoms with van der Waals surface area (Å²) in [5.74, 6) is 0.199. The number of hydrogen-bond donors (Lipinski definition) is 0. The summed E-state index contributed by atoms with van der Waals surface area (Å²) in [6, 6.07) is 16.2. The van der Waals surface area contributed by atoms with Crippen LogP contribution in [0.25, 0.3) is 16.7 Å². The third-order valence-electron chi connectivity index (χ3n) is 4.31. The first-order valence-electron chi connectivity index (χ1n) is 8.51. The van der Waals surface area contributed by atoms with E-state index >= 15 is 0 Å². The summed E-state index contributed by atoms with van der Waals surface area (Å²) < 4.78 is 22.2. The van der Waals surface area contributed by atoms with Crippen LogP contribution in [0.4, 0.5) is 4.39 Å². The monoisotopic (exact) mass is 425 g/mol. The Hall–Kier alpha value is -2.73. The minimum atomic E-state index is -0.312. The second kappa shape index (κ2) is 7.12. The molecule has 4 nitrogen and oxygen atoms in total. The molecular formula is C21H17BrFN3O. The van der Waals surface area contributed by atoms with E-state index in [1.165, 1.54) is 12.1 Å². The molecule has 2 aromatic heterocycles. The van der Waals surface area contributed by atoms with Crippen LogP contribution in [0.3, 0.4) is 0 Å². The number of aryl methyl sites for hydroxylation is 2. The van der Waals surface area contributed by atoms with Gasteiger partial charge in [-0.2, -0.15) is 10.1 Å². The van der Waals surface area contributed by atoms with E-state index in [1.807, 2.05) is 44.2 Å². The van der Waals surface area contributed by atoms with Crippen LogP contribution >= 0.6 is 15.9 Å². The molecule has 0 amide bonds. The Bertz CT molecular complexity index is 1140. The maximum atomic E-state index is 13.7. The third-order valence-corrected chi connectivity index (χ3v) is 4.81. The molecule has 4 rings (SSSR count). The first-order valence-corrected chi connectivity index (χ1v) is 9.31. The minimum absolute atomic E-state index is 0.312. The van der Waals surface area contributed by atoms with Gasteiger partial charge in [-0.05, 0) is 55.3 Å². The lowest BCUT2D eigenvalue weighted by Gasteiger charge is -2.09. The van der Waals surface area contributed by atoms with E-state index in [4.69, 9.17) is 4.74 Å². The summed E-state index contributed by atoms with van der Waals surface area (Å²) in [6.45, 7) is 4.33. The number of fused-ring (bicyclic) bond motifs is 1. The van der Waals surface area contributed by atoms with Crippen molar-refractivity contribution < 1.29 is 9.13 Å². The van der Waals surface area contributed by atoms with Crippen molar-refractivity contribution in [3.8, 4) is 11.6 Å². The number of hydrogen-bond acceptors (Lipinski definition) is 3. The van der Waals surface area contributed by atoms with Crippen molar-refractivity contribution in [2.45, 2.75) is 20.5 Å². The fourth-order valence-corrected chi connectivity index (χ4v) is 3.57. The zero-order valence-electron chi connectivity index (χ0n) is 14.9. The van der Waals surface area contributed by atoms with Crippen molar-refractivity contribution in [1.29, 1.82) is 0 Å². The van der Waals surface area contributed by atoms with Gasteiger partial charge in [0.05, 0.1) is 11.4 Å². The van der Waals surface area contributed by atoms with Crippen LogP contribution in [0.2, 0.25) is 0 Å². The fourth-order valence-electron chi connectivity index (χ4n) is 3.12. The molecule has 0 bridgehead atoms. The molecular weight excluding hydrogens is 409 g/mol. The molecule has 0 radical (unpaired) electrons. The molecule has 0 fully saturated rings. The molecule has 0 spiro atoms. The highest BCUT2D eigenvalue weighted by Crippen LogP contribution is 2.27. The predicted molar refractivity (Wildman–Crippen MR) is 107 cm³/mol. The molecule has 0 N–H and O–H groups in total. The normalized spacial score (nSPS) is 11.1. The summed E-state index contributed by atoms with van der Waals surface area (Å²) in [7, 11) is 0. The number of pyridine rings is 1. The van der Waals surface area contributed by atoms with E-state index in [9.17, 15) is 4.39 Å². The number of aromatic nitrogens is 3. The summed E-state index contributed by atoms with van der Waals surface area (Å²) in [5.41, 5.74) is 4.19. The first-order chi connectivity index (χ1) is 13.0. The van der Waals surface area contributed by atoms with Crippen molar-refractivity contribution in [2.75, 3.05) is 0 Å². The SMILES string of the molecule is Cc1cc(OCc2cccc(Br)c2)nc2c1c(C)nn2-c1cccc(F)c1. The Morgan fingerprint density at radius 1 is 1.07 bits per heavy atom. The Morgan fingerprint density at radius 3 is 2.67 bits per heavy atom. The highest BCUT2D eigenvalue weighted by Gasteiger charge is 2.15. The summed E-state index contributed by atoms with van der Waals surface area (Å²) >= 11 is 3.46. The Kier molecular flexibility index (Phi) is 4.66. The maximum Gasteiger partial charge on any atom is 0.215 e. The van der Waals surface area contributed by atoms with Crippen LogP contribution in [-0.4, -0.2) is 14.8 Å². The van der Waals surface area contributed by atoms with E-state index in [0.29, 0.717) is 23.8 Å². The van der Waals surface area contributed by atoms with Gasteiger partial charge >= 0.3 is 0 Å². The van der Waals surface area contributed by atoms with Crippen molar-refractivity contribution >= 4 is 27.0 Å². The summed E-state index contributed by atoms with van der Waals surface area (Å²) in [5, 5.41) is 5.51. The lowest BCUT2D eigenvalue weighted by Crippen LogP contribution is -2.01. The van der Waals surface area contributed by atoms with Crippen molar-refractivity contribution in [3.63, 3.8) is 0 Å². The topological polar surface area (TPSA) is 39.9 Å². The van der Waals surface area contributed by atoms with E-state index in [-0.39, 0.29) is 5.82 Å². The summed E-state index contributed by atoms with van der Waals surface area (Å²) in [4.78, 5) is 4.64. The van der Waals surface area contributed by atoms with Gasteiger partial charge in [0.1, 0.15) is 12.4 Å². The average molecular weight is 426 g/mol. The number of nitrogens with zero attached hydrogens (tertiary/aromatic N) is 3. The Balaban J connectivity index is 1.74. The van der Waals surface area contributed by atoms with Crippen LogP contribution in [0.5, 0.6) is 5.88 Å². The molecule has 0 aliphatic rings. The van der Waals surface area contributed by atoms with Gasteiger partial charge in [-0.25, -0.2) is 9.07 Å². The van der Waals surface area contributed by atoms with Gasteiger partial charge in [-0.1, -0.05) is 34.1 Å². The molecule has 0 aliphatic heterocycles. The van der Waals surface area contributed by atoms with Crippen LogP contribution < -0.4 is 4.74 Å². The molecule has 0 atom stereocenters. The van der Waals surface area contributed by atoms with E-state index in [2.05, 4.69) is 26.0 Å². The molecule has 0 saturated heterocycles. The standard InChI is InChI=1S/C21H17BrFN3O/c1-13-9-19(27-12-15-5-3-6-16(22)10-15)24-21-20(13)14(2)25-26(21)18-8-4-7-17(23)11-18/h3-11H,12H2,1-2H3. The van der Waals surface area contributed by atoms with E-state index < -0.39 is 0 Å². The highest BCUT2D eigenvalue weighted by molar-refractivity contribution is 9.10. The third kappa shape index (κ3) is 3.57. The van der Waals surface area contributed by atoms with Crippen LogP contribution in [0.1, 0.15) is 16.8 Å².